The van der Waals surface area contributed by atoms with E-state index < -0.39 is 0 Å². The summed E-state index contributed by atoms with van der Waals surface area (Å²) in [7, 11) is 0. The molecule has 0 saturated heterocycles. The molecule has 0 bridgehead atoms. The standard InChI is InChI=1S/C18H19N5S/c1-14-15(2)24-13-21(14)23-20-18(16-9-5-3-6-10-16)19-22(23)17-11-7-4-8-12-17/h3-12H,13H2,1-2H3,(H,19,20). The Kier molecular flexibility index (Phi) is 3.82. The second-order valence-electron chi connectivity index (χ2n) is 5.66. The van der Waals surface area contributed by atoms with Gasteiger partial charge in [0.15, 0.2) is 5.84 Å². The van der Waals surface area contributed by atoms with Gasteiger partial charge in [0.25, 0.3) is 0 Å². The van der Waals surface area contributed by atoms with Gasteiger partial charge in [-0.1, -0.05) is 53.8 Å². The van der Waals surface area contributed by atoms with Gasteiger partial charge in [0.2, 0.25) is 0 Å². The van der Waals surface area contributed by atoms with Gasteiger partial charge in [-0.05, 0) is 26.0 Å². The van der Waals surface area contributed by atoms with Crippen LogP contribution in [0.5, 0.6) is 0 Å². The Morgan fingerprint density at radius 3 is 2.25 bits per heavy atom. The van der Waals surface area contributed by atoms with Crippen molar-refractivity contribution in [2.45, 2.75) is 13.8 Å². The third kappa shape index (κ3) is 2.59. The number of benzene rings is 2. The van der Waals surface area contributed by atoms with Crippen molar-refractivity contribution in [3.8, 4) is 0 Å². The van der Waals surface area contributed by atoms with Crippen molar-refractivity contribution in [2.75, 3.05) is 11.0 Å². The zero-order valence-electron chi connectivity index (χ0n) is 13.7. The molecule has 1 N–H and O–H groups in total. The fourth-order valence-electron chi connectivity index (χ4n) is 2.65. The molecule has 2 aliphatic rings. The Labute approximate surface area is 146 Å². The lowest BCUT2D eigenvalue weighted by molar-refractivity contribution is 0.0239. The number of amidine groups is 1. The Morgan fingerprint density at radius 2 is 1.62 bits per heavy atom. The topological polar surface area (TPSA) is 34.1 Å². The van der Waals surface area contributed by atoms with Gasteiger partial charge < -0.3 is 0 Å². The molecule has 0 aromatic heterocycles. The molecule has 0 fully saturated rings. The van der Waals surface area contributed by atoms with Crippen molar-refractivity contribution in [3.05, 3.63) is 76.8 Å². The summed E-state index contributed by atoms with van der Waals surface area (Å²) < 4.78 is 0. The average molecular weight is 337 g/mol. The van der Waals surface area contributed by atoms with E-state index in [2.05, 4.69) is 48.5 Å². The van der Waals surface area contributed by atoms with Crippen LogP contribution in [0, 0.1) is 0 Å². The summed E-state index contributed by atoms with van der Waals surface area (Å²) in [5.74, 6) is 1.69. The lowest BCUT2D eigenvalue weighted by atomic mass is 10.2. The zero-order valence-corrected chi connectivity index (χ0v) is 14.5. The summed E-state index contributed by atoms with van der Waals surface area (Å²) >= 11 is 1.83. The van der Waals surface area contributed by atoms with Crippen LogP contribution in [0.2, 0.25) is 0 Å². The van der Waals surface area contributed by atoms with Crippen LogP contribution in [0.4, 0.5) is 5.69 Å². The smallest absolute Gasteiger partial charge is 0.177 e. The van der Waals surface area contributed by atoms with Gasteiger partial charge in [-0.15, -0.1) is 16.9 Å². The molecule has 2 aromatic rings. The maximum atomic E-state index is 4.83. The predicted octanol–water partition coefficient (Wildman–Crippen LogP) is 3.76. The molecule has 0 spiro atoms. The fraction of sp³-hybridized carbons (Fsp3) is 0.167. The van der Waals surface area contributed by atoms with E-state index in [4.69, 9.17) is 5.10 Å². The predicted molar refractivity (Wildman–Crippen MR) is 99.5 cm³/mol. The molecule has 122 valence electrons. The maximum absolute atomic E-state index is 4.83. The Balaban J connectivity index is 1.72. The summed E-state index contributed by atoms with van der Waals surface area (Å²) in [5, 5.41) is 10.9. The molecule has 2 heterocycles. The largest absolute Gasteiger partial charge is 0.257 e. The fourth-order valence-corrected chi connectivity index (χ4v) is 3.57. The number of thioether (sulfide) groups is 1. The lowest BCUT2D eigenvalue weighted by Gasteiger charge is -2.35. The van der Waals surface area contributed by atoms with Gasteiger partial charge in [-0.3, -0.25) is 5.43 Å². The molecule has 0 unspecified atom stereocenters. The number of hydrogen-bond acceptors (Lipinski definition) is 6. The third-order valence-electron chi connectivity index (χ3n) is 4.14. The molecule has 2 aliphatic heterocycles. The van der Waals surface area contributed by atoms with Crippen molar-refractivity contribution in [1.82, 2.24) is 15.7 Å². The van der Waals surface area contributed by atoms with Crippen LogP contribution in [0.1, 0.15) is 19.4 Å². The van der Waals surface area contributed by atoms with Crippen LogP contribution in [-0.4, -0.2) is 21.9 Å². The number of nitrogens with zero attached hydrogens (tertiary/aromatic N) is 4. The molecule has 6 heteroatoms. The lowest BCUT2D eigenvalue weighted by Crippen LogP contribution is -2.51. The number of rotatable bonds is 3. The first kappa shape index (κ1) is 15.0. The maximum Gasteiger partial charge on any atom is 0.177 e. The minimum absolute atomic E-state index is 0.835. The second kappa shape index (κ2) is 6.13. The first-order valence-corrected chi connectivity index (χ1v) is 8.86. The SMILES string of the molecule is CC1=C(C)N(N2N=C(c3ccccc3)NN2c2ccccc2)CS1. The van der Waals surface area contributed by atoms with Crippen LogP contribution in [0.15, 0.2) is 76.4 Å². The molecule has 5 nitrogen and oxygen atoms in total. The van der Waals surface area contributed by atoms with E-state index in [-0.39, 0.29) is 0 Å². The molecular weight excluding hydrogens is 318 g/mol. The van der Waals surface area contributed by atoms with Crippen molar-refractivity contribution >= 4 is 23.3 Å². The summed E-state index contributed by atoms with van der Waals surface area (Å²) in [6.45, 7) is 4.28. The van der Waals surface area contributed by atoms with Crippen molar-refractivity contribution in [3.63, 3.8) is 0 Å². The first-order valence-electron chi connectivity index (χ1n) is 7.87. The number of hydrazone groups is 1. The molecule has 24 heavy (non-hydrogen) atoms. The molecule has 0 radical (unpaired) electrons. The van der Waals surface area contributed by atoms with E-state index in [1.165, 1.54) is 10.6 Å². The van der Waals surface area contributed by atoms with Gasteiger partial charge in [0.1, 0.15) is 0 Å². The number of hydrazine groups is 3. The van der Waals surface area contributed by atoms with Crippen LogP contribution in [-0.2, 0) is 0 Å². The number of allylic oxidation sites excluding steroid dienone is 2. The van der Waals surface area contributed by atoms with Gasteiger partial charge >= 0.3 is 0 Å². The Hall–Kier alpha value is -2.60. The summed E-state index contributed by atoms with van der Waals surface area (Å²) in [5.41, 5.74) is 6.74. The van der Waals surface area contributed by atoms with E-state index in [0.717, 1.165) is 23.0 Å². The summed E-state index contributed by atoms with van der Waals surface area (Å²) in [4.78, 5) is 1.33. The minimum atomic E-state index is 0.835. The van der Waals surface area contributed by atoms with Crippen molar-refractivity contribution in [1.29, 1.82) is 0 Å². The number of hydrogen-bond donors (Lipinski definition) is 1. The molecule has 0 aliphatic carbocycles. The quantitative estimate of drug-likeness (QED) is 0.922. The third-order valence-corrected chi connectivity index (χ3v) is 5.25. The van der Waals surface area contributed by atoms with Crippen LogP contribution >= 0.6 is 11.8 Å². The van der Waals surface area contributed by atoms with Crippen molar-refractivity contribution < 1.29 is 0 Å². The number of para-hydroxylation sites is 1. The van der Waals surface area contributed by atoms with Crippen LogP contribution < -0.4 is 10.5 Å². The molecule has 0 atom stereocenters. The number of nitrogens with one attached hydrogen (secondary N) is 1. The zero-order chi connectivity index (χ0) is 16.5. The van der Waals surface area contributed by atoms with Gasteiger partial charge in [-0.2, -0.15) is 5.12 Å². The van der Waals surface area contributed by atoms with E-state index in [1.54, 1.807) is 0 Å². The highest BCUT2D eigenvalue weighted by Gasteiger charge is 2.32. The Bertz CT molecular complexity index is 788. The highest BCUT2D eigenvalue weighted by molar-refractivity contribution is 8.03. The average Bonchev–Trinajstić information content (AvgIpc) is 3.21. The van der Waals surface area contributed by atoms with Gasteiger partial charge in [0, 0.05) is 16.2 Å². The monoisotopic (exact) mass is 337 g/mol. The van der Waals surface area contributed by atoms with Crippen LogP contribution in [0.25, 0.3) is 0 Å². The summed E-state index contributed by atoms with van der Waals surface area (Å²) in [6.07, 6.45) is 0. The highest BCUT2D eigenvalue weighted by Crippen LogP contribution is 2.34. The van der Waals surface area contributed by atoms with E-state index >= 15 is 0 Å². The normalized spacial score (nSPS) is 17.4. The van der Waals surface area contributed by atoms with E-state index in [9.17, 15) is 0 Å². The minimum Gasteiger partial charge on any atom is -0.257 e. The molecular formula is C18H19N5S. The molecule has 2 aromatic carbocycles. The van der Waals surface area contributed by atoms with Gasteiger partial charge in [-0.25, -0.2) is 5.01 Å². The van der Waals surface area contributed by atoms with E-state index in [1.807, 2.05) is 58.5 Å². The summed E-state index contributed by atoms with van der Waals surface area (Å²) in [6, 6.07) is 20.4. The molecule has 4 rings (SSSR count). The van der Waals surface area contributed by atoms with E-state index in [0.29, 0.717) is 0 Å². The second-order valence-corrected chi connectivity index (χ2v) is 6.82. The molecule has 0 saturated carbocycles. The highest BCUT2D eigenvalue weighted by atomic mass is 32.2. The van der Waals surface area contributed by atoms with Gasteiger partial charge in [0.05, 0.1) is 11.6 Å². The van der Waals surface area contributed by atoms with Crippen LogP contribution in [0.3, 0.4) is 0 Å². The first-order chi connectivity index (χ1) is 11.7. The Morgan fingerprint density at radius 1 is 0.958 bits per heavy atom. The number of anilines is 1. The molecule has 0 amide bonds. The van der Waals surface area contributed by atoms with Crippen molar-refractivity contribution in [2.24, 2.45) is 5.10 Å².